The van der Waals surface area contributed by atoms with E-state index in [4.69, 9.17) is 4.74 Å². The van der Waals surface area contributed by atoms with Crippen LogP contribution >= 0.6 is 0 Å². The normalized spacial score (nSPS) is 23.7. The summed E-state index contributed by atoms with van der Waals surface area (Å²) < 4.78 is 5.29. The minimum absolute atomic E-state index is 0.111. The minimum Gasteiger partial charge on any atom is -0.378 e. The van der Waals surface area contributed by atoms with E-state index in [9.17, 15) is 4.79 Å². The number of nitrogens with zero attached hydrogens (tertiary/aromatic N) is 4. The first-order valence-electron chi connectivity index (χ1n) is 6.76. The molecule has 0 radical (unpaired) electrons. The Labute approximate surface area is 112 Å². The van der Waals surface area contributed by atoms with Gasteiger partial charge in [-0.3, -0.25) is 4.79 Å². The lowest BCUT2D eigenvalue weighted by molar-refractivity contribution is -0.136. The smallest absolute Gasteiger partial charge is 0.245 e. The second-order valence-electron chi connectivity index (χ2n) is 4.84. The number of hydrogen-bond acceptors (Lipinski definition) is 5. The number of ether oxygens (including phenoxy) is 1. The zero-order valence-electron chi connectivity index (χ0n) is 10.9. The second kappa shape index (κ2) is 5.52. The maximum atomic E-state index is 12.6. The van der Waals surface area contributed by atoms with Crippen molar-refractivity contribution in [2.75, 3.05) is 37.7 Å². The van der Waals surface area contributed by atoms with Gasteiger partial charge in [0.15, 0.2) is 0 Å². The first-order chi connectivity index (χ1) is 9.36. The summed E-state index contributed by atoms with van der Waals surface area (Å²) in [6.45, 7) is 3.52. The molecule has 1 aromatic rings. The third kappa shape index (κ3) is 2.53. The van der Waals surface area contributed by atoms with Crippen molar-refractivity contribution in [3.63, 3.8) is 0 Å². The fourth-order valence-electron chi connectivity index (χ4n) is 2.70. The predicted molar refractivity (Wildman–Crippen MR) is 69.8 cm³/mol. The third-order valence-corrected chi connectivity index (χ3v) is 3.67. The van der Waals surface area contributed by atoms with Gasteiger partial charge in [0.25, 0.3) is 0 Å². The van der Waals surface area contributed by atoms with Crippen LogP contribution in [0.25, 0.3) is 0 Å². The molecule has 6 nitrogen and oxygen atoms in total. The monoisotopic (exact) mass is 262 g/mol. The van der Waals surface area contributed by atoms with Crippen LogP contribution in [-0.2, 0) is 9.53 Å². The van der Waals surface area contributed by atoms with Crippen molar-refractivity contribution in [2.24, 2.45) is 0 Å². The number of anilines is 1. The van der Waals surface area contributed by atoms with E-state index in [0.29, 0.717) is 32.3 Å². The first kappa shape index (κ1) is 12.3. The Bertz CT molecular complexity index is 434. The number of rotatable bonds is 2. The molecular weight excluding hydrogens is 244 g/mol. The van der Waals surface area contributed by atoms with E-state index in [1.165, 1.54) is 0 Å². The standard InChI is InChI=1S/C13H18N4O2/c18-12(16-7-9-19-10-8-16)11-3-1-6-17(11)13-14-4-2-5-15-13/h2,4-5,11H,1,3,6-10H2. The Hall–Kier alpha value is -1.69. The molecule has 2 saturated heterocycles. The molecule has 0 saturated carbocycles. The summed E-state index contributed by atoms with van der Waals surface area (Å²) >= 11 is 0. The van der Waals surface area contributed by atoms with Crippen LogP contribution in [0.3, 0.4) is 0 Å². The lowest BCUT2D eigenvalue weighted by Gasteiger charge is -2.32. The first-order valence-corrected chi connectivity index (χ1v) is 6.76. The van der Waals surface area contributed by atoms with Crippen LogP contribution in [0.2, 0.25) is 0 Å². The summed E-state index contributed by atoms with van der Waals surface area (Å²) in [5, 5.41) is 0. The summed E-state index contributed by atoms with van der Waals surface area (Å²) in [6, 6.07) is 1.68. The zero-order valence-corrected chi connectivity index (χ0v) is 10.9. The highest BCUT2D eigenvalue weighted by molar-refractivity contribution is 5.85. The van der Waals surface area contributed by atoms with Crippen molar-refractivity contribution in [2.45, 2.75) is 18.9 Å². The Balaban J connectivity index is 1.74. The van der Waals surface area contributed by atoms with Crippen LogP contribution in [0.4, 0.5) is 5.95 Å². The third-order valence-electron chi connectivity index (χ3n) is 3.67. The van der Waals surface area contributed by atoms with E-state index in [0.717, 1.165) is 19.4 Å². The van der Waals surface area contributed by atoms with E-state index in [1.54, 1.807) is 18.5 Å². The highest BCUT2D eigenvalue weighted by Gasteiger charge is 2.35. The summed E-state index contributed by atoms with van der Waals surface area (Å²) in [6.07, 6.45) is 5.33. The van der Waals surface area contributed by atoms with Gasteiger partial charge in [0, 0.05) is 32.0 Å². The Morgan fingerprint density at radius 2 is 1.95 bits per heavy atom. The predicted octanol–water partition coefficient (Wildman–Crippen LogP) is 0.304. The van der Waals surface area contributed by atoms with Gasteiger partial charge in [-0.05, 0) is 18.9 Å². The summed E-state index contributed by atoms with van der Waals surface area (Å²) in [4.78, 5) is 25.0. The summed E-state index contributed by atoms with van der Waals surface area (Å²) in [5.74, 6) is 0.847. The molecule has 1 aromatic heterocycles. The molecule has 3 heterocycles. The number of carbonyl (C=O) groups is 1. The van der Waals surface area contributed by atoms with Crippen LogP contribution in [0.15, 0.2) is 18.5 Å². The molecule has 0 spiro atoms. The second-order valence-corrected chi connectivity index (χ2v) is 4.84. The van der Waals surface area contributed by atoms with Gasteiger partial charge >= 0.3 is 0 Å². The zero-order chi connectivity index (χ0) is 13.1. The van der Waals surface area contributed by atoms with Crippen molar-refractivity contribution in [3.05, 3.63) is 18.5 Å². The summed E-state index contributed by atoms with van der Waals surface area (Å²) in [5.41, 5.74) is 0. The van der Waals surface area contributed by atoms with E-state index in [1.807, 2.05) is 9.80 Å². The van der Waals surface area contributed by atoms with Crippen LogP contribution in [-0.4, -0.2) is 59.7 Å². The molecule has 1 unspecified atom stereocenters. The molecule has 3 rings (SSSR count). The lowest BCUT2D eigenvalue weighted by atomic mass is 10.2. The molecule has 19 heavy (non-hydrogen) atoms. The van der Waals surface area contributed by atoms with Gasteiger partial charge < -0.3 is 14.5 Å². The Kier molecular flexibility index (Phi) is 3.59. The SMILES string of the molecule is O=C(C1CCCN1c1ncccn1)N1CCOCC1. The summed E-state index contributed by atoms with van der Waals surface area (Å²) in [7, 11) is 0. The van der Waals surface area contributed by atoms with E-state index >= 15 is 0 Å². The van der Waals surface area contributed by atoms with Gasteiger partial charge in [-0.15, -0.1) is 0 Å². The number of amides is 1. The van der Waals surface area contributed by atoms with Gasteiger partial charge in [0.05, 0.1) is 13.2 Å². The molecule has 6 heteroatoms. The van der Waals surface area contributed by atoms with Crippen molar-refractivity contribution in [1.82, 2.24) is 14.9 Å². The quantitative estimate of drug-likeness (QED) is 0.767. The van der Waals surface area contributed by atoms with Crippen LogP contribution in [0.5, 0.6) is 0 Å². The van der Waals surface area contributed by atoms with Gasteiger partial charge in [-0.25, -0.2) is 9.97 Å². The van der Waals surface area contributed by atoms with Crippen LogP contribution in [0.1, 0.15) is 12.8 Å². The van der Waals surface area contributed by atoms with E-state index < -0.39 is 0 Å². The molecule has 0 bridgehead atoms. The van der Waals surface area contributed by atoms with Crippen molar-refractivity contribution < 1.29 is 9.53 Å². The van der Waals surface area contributed by atoms with Crippen molar-refractivity contribution >= 4 is 11.9 Å². The molecule has 0 N–H and O–H groups in total. The fourth-order valence-corrected chi connectivity index (χ4v) is 2.70. The van der Waals surface area contributed by atoms with E-state index in [2.05, 4.69) is 9.97 Å². The average Bonchev–Trinajstić information content (AvgIpc) is 2.98. The van der Waals surface area contributed by atoms with Crippen molar-refractivity contribution in [1.29, 1.82) is 0 Å². The molecule has 1 atom stereocenters. The average molecular weight is 262 g/mol. The number of carbonyl (C=O) groups excluding carboxylic acids is 1. The van der Waals surface area contributed by atoms with Crippen LogP contribution < -0.4 is 4.90 Å². The molecule has 2 aliphatic heterocycles. The topological polar surface area (TPSA) is 58.6 Å². The Morgan fingerprint density at radius 1 is 1.21 bits per heavy atom. The molecule has 1 amide bonds. The van der Waals surface area contributed by atoms with Gasteiger partial charge in [0.1, 0.15) is 6.04 Å². The molecule has 0 aliphatic carbocycles. The maximum Gasteiger partial charge on any atom is 0.245 e. The molecule has 102 valence electrons. The van der Waals surface area contributed by atoms with Crippen molar-refractivity contribution in [3.8, 4) is 0 Å². The number of hydrogen-bond donors (Lipinski definition) is 0. The molecule has 2 fully saturated rings. The van der Waals surface area contributed by atoms with Gasteiger partial charge in [-0.1, -0.05) is 0 Å². The number of morpholine rings is 1. The highest BCUT2D eigenvalue weighted by Crippen LogP contribution is 2.23. The molecule has 2 aliphatic rings. The minimum atomic E-state index is -0.111. The van der Waals surface area contributed by atoms with Gasteiger partial charge in [-0.2, -0.15) is 0 Å². The molecular formula is C13H18N4O2. The largest absolute Gasteiger partial charge is 0.378 e. The maximum absolute atomic E-state index is 12.6. The lowest BCUT2D eigenvalue weighted by Crippen LogP contribution is -2.50. The highest BCUT2D eigenvalue weighted by atomic mass is 16.5. The fraction of sp³-hybridized carbons (Fsp3) is 0.615. The number of aromatic nitrogens is 2. The van der Waals surface area contributed by atoms with Gasteiger partial charge in [0.2, 0.25) is 11.9 Å². The Morgan fingerprint density at radius 3 is 2.68 bits per heavy atom. The molecule has 0 aromatic carbocycles. The van der Waals surface area contributed by atoms with Crippen LogP contribution in [0, 0.1) is 0 Å². The van der Waals surface area contributed by atoms with E-state index in [-0.39, 0.29) is 11.9 Å².